The highest BCUT2D eigenvalue weighted by atomic mass is 19.4. The van der Waals surface area contributed by atoms with Crippen molar-refractivity contribution in [2.75, 3.05) is 13.1 Å². The molecule has 0 aliphatic rings. The largest absolute Gasteiger partial charge is 0.506 e. The number of halogens is 3. The Bertz CT molecular complexity index is 858. The van der Waals surface area contributed by atoms with Crippen LogP contribution in [0.2, 0.25) is 0 Å². The average molecular weight is 369 g/mol. The Labute approximate surface area is 148 Å². The standard InChI is InChI=1S/C18H18F3NO4/c1-4-22(5-2)16(24)13-10(3)15(26-17(25)18(19,20)21)12-9-7-6-8-11(12)14(13)23/h6-9,23H,4-5H2,1-3H3. The van der Waals surface area contributed by atoms with Crippen LogP contribution in [0.4, 0.5) is 13.2 Å². The summed E-state index contributed by atoms with van der Waals surface area (Å²) in [6.07, 6.45) is -5.19. The first-order chi connectivity index (χ1) is 12.1. The summed E-state index contributed by atoms with van der Waals surface area (Å²) in [7, 11) is 0. The molecule has 0 radical (unpaired) electrons. The van der Waals surface area contributed by atoms with Gasteiger partial charge in [0, 0.05) is 29.4 Å². The van der Waals surface area contributed by atoms with Crippen LogP contribution in [0.3, 0.4) is 0 Å². The second kappa shape index (κ2) is 7.23. The molecule has 1 N–H and O–H groups in total. The summed E-state index contributed by atoms with van der Waals surface area (Å²) in [6, 6.07) is 5.93. The van der Waals surface area contributed by atoms with Crippen molar-refractivity contribution in [1.82, 2.24) is 4.90 Å². The van der Waals surface area contributed by atoms with Crippen molar-refractivity contribution in [1.29, 1.82) is 0 Å². The molecule has 2 aromatic rings. The van der Waals surface area contributed by atoms with Gasteiger partial charge in [0.05, 0.1) is 5.56 Å². The van der Waals surface area contributed by atoms with E-state index in [1.54, 1.807) is 19.9 Å². The number of phenols is 1. The van der Waals surface area contributed by atoms with E-state index in [0.29, 0.717) is 13.1 Å². The molecule has 1 amide bonds. The van der Waals surface area contributed by atoms with Gasteiger partial charge < -0.3 is 14.7 Å². The van der Waals surface area contributed by atoms with Gasteiger partial charge in [0.1, 0.15) is 11.5 Å². The van der Waals surface area contributed by atoms with Crippen LogP contribution in [0.25, 0.3) is 10.8 Å². The Hall–Kier alpha value is -2.77. The minimum atomic E-state index is -5.19. The highest BCUT2D eigenvalue weighted by molar-refractivity contribution is 6.08. The number of phenolic OH excluding ortho intramolecular Hbond substituents is 1. The Balaban J connectivity index is 2.75. The number of rotatable bonds is 4. The first kappa shape index (κ1) is 19.6. The van der Waals surface area contributed by atoms with Crippen LogP contribution in [0, 0.1) is 6.92 Å². The fourth-order valence-electron chi connectivity index (χ4n) is 2.73. The quantitative estimate of drug-likeness (QED) is 0.658. The number of fused-ring (bicyclic) bond motifs is 1. The van der Waals surface area contributed by atoms with Crippen LogP contribution in [0.5, 0.6) is 11.5 Å². The highest BCUT2D eigenvalue weighted by Gasteiger charge is 2.42. The number of amides is 1. The molecule has 0 bridgehead atoms. The molecule has 0 aliphatic carbocycles. The Morgan fingerprint density at radius 2 is 1.65 bits per heavy atom. The highest BCUT2D eigenvalue weighted by Crippen LogP contribution is 2.41. The normalized spacial score (nSPS) is 11.5. The lowest BCUT2D eigenvalue weighted by molar-refractivity contribution is -0.189. The molecule has 0 atom stereocenters. The van der Waals surface area contributed by atoms with Gasteiger partial charge in [-0.2, -0.15) is 13.2 Å². The molecule has 0 spiro atoms. The van der Waals surface area contributed by atoms with E-state index in [9.17, 15) is 27.9 Å². The zero-order valence-electron chi connectivity index (χ0n) is 14.5. The van der Waals surface area contributed by atoms with Crippen molar-refractivity contribution in [3.63, 3.8) is 0 Å². The number of benzene rings is 2. The van der Waals surface area contributed by atoms with E-state index in [1.165, 1.54) is 30.0 Å². The second-order valence-corrected chi connectivity index (χ2v) is 5.59. The molecule has 0 saturated carbocycles. The predicted octanol–water partition coefficient (Wildman–Crippen LogP) is 3.80. The number of esters is 1. The maximum absolute atomic E-state index is 12.7. The van der Waals surface area contributed by atoms with Gasteiger partial charge in [-0.3, -0.25) is 4.79 Å². The van der Waals surface area contributed by atoms with Gasteiger partial charge >= 0.3 is 12.1 Å². The smallest absolute Gasteiger partial charge is 0.491 e. The lowest BCUT2D eigenvalue weighted by Gasteiger charge is -2.23. The van der Waals surface area contributed by atoms with Crippen LogP contribution in [0.15, 0.2) is 24.3 Å². The molecule has 0 fully saturated rings. The molecular formula is C18H18F3NO4. The monoisotopic (exact) mass is 369 g/mol. The topological polar surface area (TPSA) is 66.8 Å². The van der Waals surface area contributed by atoms with Gasteiger partial charge in [0.15, 0.2) is 0 Å². The maximum atomic E-state index is 12.7. The first-order valence-electron chi connectivity index (χ1n) is 7.95. The molecule has 2 aromatic carbocycles. The van der Waals surface area contributed by atoms with Crippen molar-refractivity contribution in [2.45, 2.75) is 26.9 Å². The Morgan fingerprint density at radius 1 is 1.12 bits per heavy atom. The Morgan fingerprint density at radius 3 is 2.15 bits per heavy atom. The van der Waals surface area contributed by atoms with Gasteiger partial charge in [-0.25, -0.2) is 4.79 Å². The number of carbonyl (C=O) groups excluding carboxylic acids is 2. The average Bonchev–Trinajstić information content (AvgIpc) is 2.58. The van der Waals surface area contributed by atoms with Crippen LogP contribution in [0.1, 0.15) is 29.8 Å². The molecule has 26 heavy (non-hydrogen) atoms. The van der Waals surface area contributed by atoms with Crippen molar-refractivity contribution in [2.24, 2.45) is 0 Å². The number of hydrogen-bond donors (Lipinski definition) is 1. The zero-order valence-corrected chi connectivity index (χ0v) is 14.5. The van der Waals surface area contributed by atoms with Gasteiger partial charge in [0.25, 0.3) is 5.91 Å². The minimum absolute atomic E-state index is 0.0318. The third-order valence-electron chi connectivity index (χ3n) is 4.07. The second-order valence-electron chi connectivity index (χ2n) is 5.59. The van der Waals surface area contributed by atoms with E-state index in [4.69, 9.17) is 0 Å². The summed E-state index contributed by atoms with van der Waals surface area (Å²) in [5.74, 6) is -3.70. The molecule has 0 saturated heterocycles. The van der Waals surface area contributed by atoms with Gasteiger partial charge in [-0.1, -0.05) is 24.3 Å². The summed E-state index contributed by atoms with van der Waals surface area (Å²) >= 11 is 0. The van der Waals surface area contributed by atoms with Crippen LogP contribution in [-0.2, 0) is 4.79 Å². The first-order valence-corrected chi connectivity index (χ1v) is 7.95. The van der Waals surface area contributed by atoms with Gasteiger partial charge in [0.2, 0.25) is 0 Å². The SMILES string of the molecule is CCN(CC)C(=O)c1c(C)c(OC(=O)C(F)(F)F)c2ccccc2c1O. The van der Waals surface area contributed by atoms with Crippen molar-refractivity contribution >= 4 is 22.6 Å². The molecule has 0 aromatic heterocycles. The van der Waals surface area contributed by atoms with Gasteiger partial charge in [-0.15, -0.1) is 0 Å². The fraction of sp³-hybridized carbons (Fsp3) is 0.333. The molecule has 2 rings (SSSR count). The number of aromatic hydroxyl groups is 1. The van der Waals surface area contributed by atoms with E-state index in [1.807, 2.05) is 0 Å². The summed E-state index contributed by atoms with van der Waals surface area (Å²) in [5.41, 5.74) is -0.215. The summed E-state index contributed by atoms with van der Waals surface area (Å²) < 4.78 is 42.5. The summed E-state index contributed by atoms with van der Waals surface area (Å²) in [6.45, 7) is 5.50. The molecule has 0 heterocycles. The van der Waals surface area contributed by atoms with Gasteiger partial charge in [-0.05, 0) is 20.8 Å². The zero-order chi connectivity index (χ0) is 19.6. The molecule has 140 valence electrons. The van der Waals surface area contributed by atoms with E-state index >= 15 is 0 Å². The fourth-order valence-corrected chi connectivity index (χ4v) is 2.73. The molecule has 0 aliphatic heterocycles. The third kappa shape index (κ3) is 3.44. The van der Waals surface area contributed by atoms with Crippen LogP contribution < -0.4 is 4.74 Å². The lowest BCUT2D eigenvalue weighted by Crippen LogP contribution is -2.32. The van der Waals surface area contributed by atoms with E-state index in [-0.39, 0.29) is 27.6 Å². The van der Waals surface area contributed by atoms with Crippen LogP contribution in [-0.4, -0.2) is 41.1 Å². The maximum Gasteiger partial charge on any atom is 0.491 e. The Kier molecular flexibility index (Phi) is 5.44. The summed E-state index contributed by atoms with van der Waals surface area (Å²) in [4.78, 5) is 25.5. The summed E-state index contributed by atoms with van der Waals surface area (Å²) in [5, 5.41) is 10.8. The molecule has 5 nitrogen and oxygen atoms in total. The van der Waals surface area contributed by atoms with E-state index in [2.05, 4.69) is 4.74 Å². The number of alkyl halides is 3. The molecular weight excluding hydrogens is 351 g/mol. The van der Waals surface area contributed by atoms with E-state index in [0.717, 1.165) is 0 Å². The molecule has 0 unspecified atom stereocenters. The van der Waals surface area contributed by atoms with Crippen molar-refractivity contribution in [3.05, 3.63) is 35.4 Å². The van der Waals surface area contributed by atoms with Crippen LogP contribution >= 0.6 is 0 Å². The molecule has 8 heteroatoms. The lowest BCUT2D eigenvalue weighted by atomic mass is 9.97. The minimum Gasteiger partial charge on any atom is -0.506 e. The van der Waals surface area contributed by atoms with Crippen molar-refractivity contribution in [3.8, 4) is 11.5 Å². The number of hydrogen-bond acceptors (Lipinski definition) is 4. The number of nitrogens with zero attached hydrogens (tertiary/aromatic N) is 1. The third-order valence-corrected chi connectivity index (χ3v) is 4.07. The predicted molar refractivity (Wildman–Crippen MR) is 89.3 cm³/mol. The van der Waals surface area contributed by atoms with E-state index < -0.39 is 23.8 Å². The number of carbonyl (C=O) groups is 2. The number of ether oxygens (including phenoxy) is 1. The van der Waals surface area contributed by atoms with Crippen molar-refractivity contribution < 1.29 is 32.6 Å².